The van der Waals surface area contributed by atoms with Crippen LogP contribution in [0.5, 0.6) is 0 Å². The summed E-state index contributed by atoms with van der Waals surface area (Å²) < 4.78 is 32.6. The van der Waals surface area contributed by atoms with Crippen molar-refractivity contribution in [1.29, 1.82) is 0 Å². The van der Waals surface area contributed by atoms with Crippen LogP contribution in [0, 0.1) is 0 Å². The van der Waals surface area contributed by atoms with Crippen molar-refractivity contribution in [3.8, 4) is 0 Å². The molecule has 0 aliphatic carbocycles. The Bertz CT molecular complexity index is 710. The normalized spacial score (nSPS) is 51.2. The number of hydrogen-bond donors (Lipinski definition) is 8. The molecule has 3 heterocycles. The van der Waals surface area contributed by atoms with Crippen molar-refractivity contribution < 1.29 is 74.1 Å². The zero-order valence-corrected chi connectivity index (χ0v) is 19.3. The molecule has 15 heteroatoms. The summed E-state index contributed by atoms with van der Waals surface area (Å²) >= 11 is 0. The van der Waals surface area contributed by atoms with E-state index in [0.29, 0.717) is 0 Å². The average Bonchev–Trinajstić information content (AvgIpc) is 2.81. The second kappa shape index (κ2) is 11.6. The van der Waals surface area contributed by atoms with Gasteiger partial charge >= 0.3 is 5.97 Å². The van der Waals surface area contributed by atoms with Gasteiger partial charge in [0.25, 0.3) is 0 Å². The van der Waals surface area contributed by atoms with Gasteiger partial charge in [0, 0.05) is 7.11 Å². The minimum Gasteiger partial charge on any atom is -0.479 e. The van der Waals surface area contributed by atoms with Gasteiger partial charge in [0.1, 0.15) is 61.0 Å². The van der Waals surface area contributed by atoms with Crippen LogP contribution in [0.25, 0.3) is 0 Å². The highest BCUT2D eigenvalue weighted by Gasteiger charge is 2.51. The van der Waals surface area contributed by atoms with Crippen molar-refractivity contribution in [1.82, 2.24) is 0 Å². The molecule has 0 radical (unpaired) electrons. The van der Waals surface area contributed by atoms with Crippen LogP contribution in [-0.4, -0.2) is 152 Å². The number of methoxy groups -OCH3 is 1. The molecule has 0 amide bonds. The summed E-state index contributed by atoms with van der Waals surface area (Å²) in [4.78, 5) is 11.2. The Hall–Kier alpha value is -1.05. The van der Waals surface area contributed by atoms with Crippen molar-refractivity contribution in [2.45, 2.75) is 106 Å². The molecule has 3 aliphatic heterocycles. The number of aliphatic hydroxyl groups is 7. The van der Waals surface area contributed by atoms with E-state index in [4.69, 9.17) is 33.5 Å². The van der Waals surface area contributed by atoms with E-state index in [2.05, 4.69) is 0 Å². The molecule has 3 aliphatic rings. The molecule has 0 aromatic carbocycles. The zero-order chi connectivity index (χ0) is 26.2. The number of hydrogen-bond acceptors (Lipinski definition) is 14. The zero-order valence-electron chi connectivity index (χ0n) is 19.3. The van der Waals surface area contributed by atoms with Crippen LogP contribution in [-0.2, 0) is 33.2 Å². The molecule has 3 saturated heterocycles. The van der Waals surface area contributed by atoms with E-state index < -0.39 is 105 Å². The van der Waals surface area contributed by atoms with E-state index in [1.807, 2.05) is 0 Å². The molecule has 15 atom stereocenters. The molecular weight excluding hydrogens is 480 g/mol. The summed E-state index contributed by atoms with van der Waals surface area (Å²) in [6.07, 6.45) is -21.4. The van der Waals surface area contributed by atoms with Gasteiger partial charge in [-0.1, -0.05) is 0 Å². The van der Waals surface area contributed by atoms with Crippen LogP contribution < -0.4 is 0 Å². The molecule has 15 nitrogen and oxygen atoms in total. The Balaban J connectivity index is 1.68. The molecule has 0 saturated carbocycles. The molecule has 3 rings (SSSR count). The number of aliphatic carboxylic acids is 1. The van der Waals surface area contributed by atoms with E-state index in [0.717, 1.165) is 0 Å². The first-order valence-electron chi connectivity index (χ1n) is 11.1. The molecule has 8 N–H and O–H groups in total. The third kappa shape index (κ3) is 5.77. The van der Waals surface area contributed by atoms with Crippen LogP contribution in [0.1, 0.15) is 13.8 Å². The van der Waals surface area contributed by atoms with E-state index in [9.17, 15) is 40.5 Å². The lowest BCUT2D eigenvalue weighted by Gasteiger charge is -2.46. The maximum Gasteiger partial charge on any atom is 0.335 e. The number of carboxylic acid groups (broad SMARTS) is 1. The van der Waals surface area contributed by atoms with E-state index in [1.165, 1.54) is 7.11 Å². The van der Waals surface area contributed by atoms with Crippen molar-refractivity contribution in [2.24, 2.45) is 0 Å². The topological polar surface area (TPSA) is 234 Å². The SMILES string of the molecule is COC1[C@@H](O)C(C)O[C@H](C)[C@H]1O[C@H]1OC(CO[C@H]2OC(C(=O)O)[C@@H](O)C(O)[C@@H]2O)[C@@H](O)C(O)[C@@H]1O. The van der Waals surface area contributed by atoms with Crippen LogP contribution >= 0.6 is 0 Å². The van der Waals surface area contributed by atoms with Gasteiger partial charge in [-0.25, -0.2) is 4.79 Å². The molecule has 204 valence electrons. The lowest BCUT2D eigenvalue weighted by molar-refractivity contribution is -0.350. The van der Waals surface area contributed by atoms with E-state index >= 15 is 0 Å². The second-order valence-corrected chi connectivity index (χ2v) is 8.92. The van der Waals surface area contributed by atoms with Gasteiger partial charge in [0.2, 0.25) is 0 Å². The summed E-state index contributed by atoms with van der Waals surface area (Å²) in [5, 5.41) is 80.3. The molecule has 0 bridgehead atoms. The fraction of sp³-hybridized carbons (Fsp3) is 0.950. The van der Waals surface area contributed by atoms with Crippen molar-refractivity contribution in [3.05, 3.63) is 0 Å². The number of aliphatic hydroxyl groups excluding tert-OH is 7. The van der Waals surface area contributed by atoms with Crippen molar-refractivity contribution >= 4 is 5.97 Å². The molecular formula is C20H34O15. The van der Waals surface area contributed by atoms with Gasteiger partial charge in [-0.2, -0.15) is 0 Å². The van der Waals surface area contributed by atoms with Gasteiger partial charge in [-0.05, 0) is 13.8 Å². The maximum atomic E-state index is 11.2. The highest BCUT2D eigenvalue weighted by Crippen LogP contribution is 2.31. The third-order valence-electron chi connectivity index (χ3n) is 6.50. The van der Waals surface area contributed by atoms with Crippen molar-refractivity contribution in [2.75, 3.05) is 13.7 Å². The number of carbonyl (C=O) groups is 1. The quantitative estimate of drug-likeness (QED) is 0.159. The second-order valence-electron chi connectivity index (χ2n) is 8.92. The Kier molecular flexibility index (Phi) is 9.42. The van der Waals surface area contributed by atoms with Gasteiger partial charge < -0.3 is 69.3 Å². The monoisotopic (exact) mass is 514 g/mol. The lowest BCUT2D eigenvalue weighted by atomic mass is 9.95. The average molecular weight is 514 g/mol. The fourth-order valence-corrected chi connectivity index (χ4v) is 4.39. The predicted molar refractivity (Wildman–Crippen MR) is 109 cm³/mol. The Morgan fingerprint density at radius 2 is 1.31 bits per heavy atom. The summed E-state index contributed by atoms with van der Waals surface area (Å²) in [7, 11) is 1.35. The standard InChI is InChI=1S/C20H34O15/c1-5-8(21)16(30-3)15(6(2)32-5)34-20-14(27)10(23)9(22)7(33-20)4-31-19-13(26)11(24)12(25)17(35-19)18(28)29/h5-17,19-27H,4H2,1-3H3,(H,28,29)/t5?,6-,7?,8+,9-,10?,11?,12+,13+,14+,15-,16?,17?,19+,20-/m1/s1. The third-order valence-corrected chi connectivity index (χ3v) is 6.50. The molecule has 3 fully saturated rings. The van der Waals surface area contributed by atoms with E-state index in [-0.39, 0.29) is 0 Å². The first-order chi connectivity index (χ1) is 16.4. The van der Waals surface area contributed by atoms with Crippen LogP contribution in [0.2, 0.25) is 0 Å². The predicted octanol–water partition coefficient (Wildman–Crippen LogP) is -4.73. The molecule has 0 aromatic rings. The maximum absolute atomic E-state index is 11.2. The summed E-state index contributed by atoms with van der Waals surface area (Å²) in [6, 6.07) is 0. The molecule has 0 aromatic heterocycles. The minimum absolute atomic E-state index is 0.564. The first kappa shape index (κ1) is 28.5. The smallest absolute Gasteiger partial charge is 0.335 e. The fourth-order valence-electron chi connectivity index (χ4n) is 4.39. The highest BCUT2D eigenvalue weighted by atomic mass is 16.7. The van der Waals surface area contributed by atoms with Crippen LogP contribution in [0.4, 0.5) is 0 Å². The summed E-state index contributed by atoms with van der Waals surface area (Å²) in [6.45, 7) is 2.70. The molecule has 35 heavy (non-hydrogen) atoms. The minimum atomic E-state index is -1.92. The Morgan fingerprint density at radius 1 is 0.714 bits per heavy atom. The molecule has 0 spiro atoms. The van der Waals surface area contributed by atoms with Gasteiger partial charge in [-0.3, -0.25) is 0 Å². The van der Waals surface area contributed by atoms with Gasteiger partial charge in [0.15, 0.2) is 18.7 Å². The van der Waals surface area contributed by atoms with Crippen molar-refractivity contribution in [3.63, 3.8) is 0 Å². The number of ether oxygens (including phenoxy) is 6. The highest BCUT2D eigenvalue weighted by molar-refractivity contribution is 5.73. The van der Waals surface area contributed by atoms with Crippen LogP contribution in [0.15, 0.2) is 0 Å². The number of rotatable bonds is 7. The Morgan fingerprint density at radius 3 is 1.91 bits per heavy atom. The van der Waals surface area contributed by atoms with Gasteiger partial charge in [-0.15, -0.1) is 0 Å². The van der Waals surface area contributed by atoms with E-state index in [1.54, 1.807) is 13.8 Å². The largest absolute Gasteiger partial charge is 0.479 e. The lowest BCUT2D eigenvalue weighted by Crippen LogP contribution is -2.64. The van der Waals surface area contributed by atoms with Crippen LogP contribution in [0.3, 0.4) is 0 Å². The Labute approximate surface area is 200 Å². The summed E-state index contributed by atoms with van der Waals surface area (Å²) in [5.74, 6) is -1.61. The van der Waals surface area contributed by atoms with Gasteiger partial charge in [0.05, 0.1) is 18.8 Å². The number of carboxylic acids is 1. The molecule has 6 unspecified atom stereocenters. The first-order valence-corrected chi connectivity index (χ1v) is 11.1. The summed E-state index contributed by atoms with van der Waals surface area (Å²) in [5.41, 5.74) is 0.